The summed E-state index contributed by atoms with van der Waals surface area (Å²) in [5, 5.41) is 26.3. The van der Waals surface area contributed by atoms with Gasteiger partial charge in [0.15, 0.2) is 11.5 Å². The smallest absolute Gasteiger partial charge is 0.161 e. The summed E-state index contributed by atoms with van der Waals surface area (Å²) < 4.78 is 5.58. The Morgan fingerprint density at radius 2 is 1.72 bits per heavy atom. The number of fused-ring (bicyclic) bond motifs is 1. The molecule has 0 radical (unpaired) electrons. The molecule has 0 saturated heterocycles. The Balaban J connectivity index is 1.91. The monoisotopic (exact) mass is 386 g/mol. The summed E-state index contributed by atoms with van der Waals surface area (Å²) >= 11 is 0. The van der Waals surface area contributed by atoms with Crippen molar-refractivity contribution < 1.29 is 14.9 Å². The molecule has 146 valence electrons. The predicted molar refractivity (Wildman–Crippen MR) is 115 cm³/mol. The highest BCUT2D eigenvalue weighted by Gasteiger charge is 2.22. The van der Waals surface area contributed by atoms with E-state index >= 15 is 0 Å². The van der Waals surface area contributed by atoms with E-state index in [4.69, 9.17) is 4.74 Å². The fourth-order valence-electron chi connectivity index (χ4n) is 3.49. The molecule has 1 unspecified atom stereocenters. The van der Waals surface area contributed by atoms with Gasteiger partial charge in [-0.05, 0) is 53.6 Å². The van der Waals surface area contributed by atoms with Gasteiger partial charge in [-0.25, -0.2) is 4.98 Å². The van der Waals surface area contributed by atoms with Gasteiger partial charge < -0.3 is 20.3 Å². The van der Waals surface area contributed by atoms with Crippen LogP contribution in [0.1, 0.15) is 24.1 Å². The normalized spacial score (nSPS) is 11.9. The lowest BCUT2D eigenvalue weighted by atomic mass is 9.92. The molecule has 0 aliphatic carbocycles. The van der Waals surface area contributed by atoms with E-state index in [1.807, 2.05) is 61.5 Å². The van der Waals surface area contributed by atoms with Crippen molar-refractivity contribution in [3.63, 3.8) is 0 Å². The number of aromatic hydroxyl groups is 2. The molecule has 1 aromatic heterocycles. The summed E-state index contributed by atoms with van der Waals surface area (Å²) in [6.45, 7) is 2.31. The lowest BCUT2D eigenvalue weighted by molar-refractivity contribution is 0.317. The van der Waals surface area contributed by atoms with Crippen LogP contribution in [0.15, 0.2) is 79.0 Å². The zero-order valence-electron chi connectivity index (χ0n) is 16.0. The van der Waals surface area contributed by atoms with Gasteiger partial charge in [0.05, 0.1) is 12.6 Å². The minimum atomic E-state index is -0.407. The molecule has 3 N–H and O–H groups in total. The summed E-state index contributed by atoms with van der Waals surface area (Å²) in [7, 11) is 0. The second-order valence-corrected chi connectivity index (χ2v) is 6.67. The van der Waals surface area contributed by atoms with Crippen LogP contribution in [0.25, 0.3) is 10.8 Å². The first-order valence-electron chi connectivity index (χ1n) is 9.51. The second-order valence-electron chi connectivity index (χ2n) is 6.67. The van der Waals surface area contributed by atoms with Crippen LogP contribution in [-0.2, 0) is 0 Å². The fourth-order valence-corrected chi connectivity index (χ4v) is 3.49. The molecule has 0 spiro atoms. The number of pyridine rings is 1. The molecule has 0 aliphatic heterocycles. The zero-order chi connectivity index (χ0) is 20.2. The van der Waals surface area contributed by atoms with Crippen LogP contribution in [0.4, 0.5) is 5.82 Å². The molecule has 0 aliphatic rings. The van der Waals surface area contributed by atoms with Gasteiger partial charge in [-0.3, -0.25) is 0 Å². The minimum Gasteiger partial charge on any atom is -0.508 e. The van der Waals surface area contributed by atoms with E-state index in [1.165, 1.54) is 0 Å². The fraction of sp³-hybridized carbons (Fsp3) is 0.125. The summed E-state index contributed by atoms with van der Waals surface area (Å²) in [5.74, 6) is 1.34. The first kappa shape index (κ1) is 18.6. The Morgan fingerprint density at radius 3 is 2.52 bits per heavy atom. The number of anilines is 1. The Labute approximate surface area is 169 Å². The molecular weight excluding hydrogens is 364 g/mol. The first-order valence-corrected chi connectivity index (χ1v) is 9.51. The van der Waals surface area contributed by atoms with Crippen molar-refractivity contribution in [2.24, 2.45) is 0 Å². The number of phenolic OH excluding ortho intramolecular Hbond substituents is 2. The van der Waals surface area contributed by atoms with Crippen molar-refractivity contribution in [1.29, 1.82) is 0 Å². The maximum absolute atomic E-state index is 10.8. The first-order chi connectivity index (χ1) is 14.2. The van der Waals surface area contributed by atoms with E-state index in [0.717, 1.165) is 21.9 Å². The Kier molecular flexibility index (Phi) is 5.20. The van der Waals surface area contributed by atoms with Crippen molar-refractivity contribution in [2.45, 2.75) is 13.0 Å². The van der Waals surface area contributed by atoms with Gasteiger partial charge in [0.25, 0.3) is 0 Å². The second kappa shape index (κ2) is 8.10. The molecule has 4 aromatic rings. The summed E-state index contributed by atoms with van der Waals surface area (Å²) in [5.41, 5.74) is 1.57. The maximum Gasteiger partial charge on any atom is 0.161 e. The SMILES string of the molecule is CCOc1cc(C(Nc2ccccn2)c2c(O)ccc3ccccc23)ccc1O. The van der Waals surface area contributed by atoms with Crippen molar-refractivity contribution in [3.8, 4) is 17.2 Å². The largest absolute Gasteiger partial charge is 0.508 e. The zero-order valence-corrected chi connectivity index (χ0v) is 16.0. The lowest BCUT2D eigenvalue weighted by Crippen LogP contribution is -2.14. The van der Waals surface area contributed by atoms with Crippen molar-refractivity contribution in [3.05, 3.63) is 90.1 Å². The standard InChI is InChI=1S/C24H22N2O3/c1-2-29-21-15-17(11-12-19(21)27)24(26-22-9-5-6-14-25-22)23-18-8-4-3-7-16(18)10-13-20(23)28/h3-15,24,27-28H,2H2,1H3,(H,25,26). The maximum atomic E-state index is 10.8. The highest BCUT2D eigenvalue weighted by atomic mass is 16.5. The number of hydrogen-bond acceptors (Lipinski definition) is 5. The molecule has 0 bridgehead atoms. The molecule has 1 heterocycles. The predicted octanol–water partition coefficient (Wildman–Crippen LogP) is 5.25. The molecule has 0 amide bonds. The van der Waals surface area contributed by atoms with E-state index in [9.17, 15) is 10.2 Å². The number of phenols is 2. The van der Waals surface area contributed by atoms with Crippen LogP contribution in [0.3, 0.4) is 0 Å². The van der Waals surface area contributed by atoms with E-state index in [-0.39, 0.29) is 11.5 Å². The topological polar surface area (TPSA) is 74.6 Å². The van der Waals surface area contributed by atoms with Gasteiger partial charge >= 0.3 is 0 Å². The third-order valence-electron chi connectivity index (χ3n) is 4.81. The molecule has 0 fully saturated rings. The number of ether oxygens (including phenoxy) is 1. The molecular formula is C24H22N2O3. The molecule has 5 nitrogen and oxygen atoms in total. The van der Waals surface area contributed by atoms with Crippen LogP contribution < -0.4 is 10.1 Å². The number of hydrogen-bond donors (Lipinski definition) is 3. The molecule has 29 heavy (non-hydrogen) atoms. The number of benzene rings is 3. The number of rotatable bonds is 6. The average Bonchev–Trinajstić information content (AvgIpc) is 2.75. The number of nitrogens with one attached hydrogen (secondary N) is 1. The number of nitrogens with zero attached hydrogens (tertiary/aromatic N) is 1. The van der Waals surface area contributed by atoms with Gasteiger partial charge in [-0.2, -0.15) is 0 Å². The van der Waals surface area contributed by atoms with Crippen LogP contribution in [0.5, 0.6) is 17.2 Å². The molecule has 4 rings (SSSR count). The third kappa shape index (κ3) is 3.80. The molecule has 0 saturated carbocycles. The van der Waals surface area contributed by atoms with Crippen LogP contribution in [0.2, 0.25) is 0 Å². The summed E-state index contributed by atoms with van der Waals surface area (Å²) in [4.78, 5) is 4.38. The molecule has 1 atom stereocenters. The van der Waals surface area contributed by atoms with Crippen molar-refractivity contribution >= 4 is 16.6 Å². The third-order valence-corrected chi connectivity index (χ3v) is 4.81. The van der Waals surface area contributed by atoms with Gasteiger partial charge in [0.1, 0.15) is 11.6 Å². The van der Waals surface area contributed by atoms with E-state index in [1.54, 1.807) is 24.4 Å². The molecule has 3 aromatic carbocycles. The van der Waals surface area contributed by atoms with Crippen molar-refractivity contribution in [2.75, 3.05) is 11.9 Å². The Hall–Kier alpha value is -3.73. The number of aromatic nitrogens is 1. The average molecular weight is 386 g/mol. The van der Waals surface area contributed by atoms with E-state index in [0.29, 0.717) is 18.2 Å². The van der Waals surface area contributed by atoms with Crippen molar-refractivity contribution in [1.82, 2.24) is 4.98 Å². The van der Waals surface area contributed by atoms with Crippen LogP contribution in [-0.4, -0.2) is 21.8 Å². The highest BCUT2D eigenvalue weighted by molar-refractivity contribution is 5.89. The lowest BCUT2D eigenvalue weighted by Gasteiger charge is -2.24. The van der Waals surface area contributed by atoms with Gasteiger partial charge in [-0.1, -0.05) is 42.5 Å². The molecule has 5 heteroatoms. The van der Waals surface area contributed by atoms with Gasteiger partial charge in [-0.15, -0.1) is 0 Å². The van der Waals surface area contributed by atoms with Crippen LogP contribution in [0, 0.1) is 0 Å². The highest BCUT2D eigenvalue weighted by Crippen LogP contribution is 2.39. The Morgan fingerprint density at radius 1 is 0.931 bits per heavy atom. The van der Waals surface area contributed by atoms with Gasteiger partial charge in [0, 0.05) is 11.8 Å². The summed E-state index contributed by atoms with van der Waals surface area (Å²) in [6.07, 6.45) is 1.71. The van der Waals surface area contributed by atoms with E-state index < -0.39 is 6.04 Å². The Bertz CT molecular complexity index is 1130. The van der Waals surface area contributed by atoms with E-state index in [2.05, 4.69) is 10.3 Å². The van der Waals surface area contributed by atoms with Crippen LogP contribution >= 0.6 is 0 Å². The quantitative estimate of drug-likeness (QED) is 0.422. The van der Waals surface area contributed by atoms with Gasteiger partial charge in [0.2, 0.25) is 0 Å². The summed E-state index contributed by atoms with van der Waals surface area (Å²) in [6, 6.07) is 22.0. The minimum absolute atomic E-state index is 0.0781.